The summed E-state index contributed by atoms with van der Waals surface area (Å²) in [6, 6.07) is 10.1. The standard InChI is InChI=1S/C24H26FN3O5/c1-27(19-5-3-17-15-31-33-21(17)14-19)24(29)30-12-2-9-28-10-7-16(8-11-28)23-20-6-4-18(25)13-22(20)32-26-23/h3-6,13-14,16H,2,7-12,15H2,1H3. The molecule has 9 heteroatoms. The molecule has 0 bridgehead atoms. The van der Waals surface area contributed by atoms with E-state index in [-0.39, 0.29) is 5.82 Å². The number of fused-ring (bicyclic) bond motifs is 2. The van der Waals surface area contributed by atoms with Gasteiger partial charge in [0, 0.05) is 42.6 Å². The lowest BCUT2D eigenvalue weighted by Crippen LogP contribution is -2.34. The quantitative estimate of drug-likeness (QED) is 0.396. The molecule has 3 aromatic rings. The number of hydrogen-bond donors (Lipinski definition) is 0. The zero-order valence-electron chi connectivity index (χ0n) is 18.5. The predicted octanol–water partition coefficient (Wildman–Crippen LogP) is 4.63. The van der Waals surface area contributed by atoms with Crippen LogP contribution in [0.2, 0.25) is 0 Å². The van der Waals surface area contributed by atoms with Gasteiger partial charge in [0.1, 0.15) is 12.4 Å². The monoisotopic (exact) mass is 455 g/mol. The number of piperidine rings is 1. The minimum absolute atomic E-state index is 0.307. The number of rotatable bonds is 6. The van der Waals surface area contributed by atoms with Crippen molar-refractivity contribution in [2.75, 3.05) is 38.2 Å². The van der Waals surface area contributed by atoms with Gasteiger partial charge in [-0.15, -0.1) is 0 Å². The smallest absolute Gasteiger partial charge is 0.414 e. The maximum atomic E-state index is 13.4. The Kier molecular flexibility index (Phi) is 6.15. The van der Waals surface area contributed by atoms with Crippen molar-refractivity contribution in [1.29, 1.82) is 0 Å². The number of anilines is 1. The number of aromatic nitrogens is 1. The Bertz CT molecular complexity index is 1140. The molecule has 0 unspecified atom stereocenters. The van der Waals surface area contributed by atoms with E-state index in [0.717, 1.165) is 55.5 Å². The molecular weight excluding hydrogens is 429 g/mol. The Balaban J connectivity index is 1.05. The highest BCUT2D eigenvalue weighted by molar-refractivity contribution is 5.87. The Morgan fingerprint density at radius 2 is 2.09 bits per heavy atom. The topological polar surface area (TPSA) is 77.3 Å². The van der Waals surface area contributed by atoms with Crippen LogP contribution in [0.1, 0.15) is 36.4 Å². The molecule has 1 amide bonds. The van der Waals surface area contributed by atoms with Gasteiger partial charge in [0.2, 0.25) is 0 Å². The maximum Gasteiger partial charge on any atom is 0.414 e. The Labute approximate surface area is 190 Å². The highest BCUT2D eigenvalue weighted by Crippen LogP contribution is 2.33. The zero-order chi connectivity index (χ0) is 22.8. The van der Waals surface area contributed by atoms with Crippen LogP contribution >= 0.6 is 0 Å². The molecule has 174 valence electrons. The van der Waals surface area contributed by atoms with Crippen molar-refractivity contribution >= 4 is 22.7 Å². The Morgan fingerprint density at radius 3 is 2.94 bits per heavy atom. The molecule has 2 aromatic carbocycles. The van der Waals surface area contributed by atoms with Gasteiger partial charge >= 0.3 is 6.09 Å². The summed E-state index contributed by atoms with van der Waals surface area (Å²) in [5.74, 6) is 0.616. The predicted molar refractivity (Wildman–Crippen MR) is 119 cm³/mol. The third-order valence-electron chi connectivity index (χ3n) is 6.36. The zero-order valence-corrected chi connectivity index (χ0v) is 18.5. The van der Waals surface area contributed by atoms with E-state index in [2.05, 4.69) is 10.1 Å². The molecule has 0 saturated carbocycles. The van der Waals surface area contributed by atoms with Gasteiger partial charge in [-0.3, -0.25) is 4.90 Å². The lowest BCUT2D eigenvalue weighted by atomic mass is 9.91. The van der Waals surface area contributed by atoms with Crippen LogP contribution in [0, 0.1) is 5.82 Å². The van der Waals surface area contributed by atoms with Crippen LogP contribution < -0.4 is 9.79 Å². The van der Waals surface area contributed by atoms with Crippen LogP contribution in [0.4, 0.5) is 14.9 Å². The summed E-state index contributed by atoms with van der Waals surface area (Å²) < 4.78 is 24.1. The van der Waals surface area contributed by atoms with Crippen LogP contribution in [0.3, 0.4) is 0 Å². The number of carbonyl (C=O) groups is 1. The van der Waals surface area contributed by atoms with E-state index in [0.29, 0.717) is 36.2 Å². The highest BCUT2D eigenvalue weighted by Gasteiger charge is 2.25. The number of hydrogen-bond acceptors (Lipinski definition) is 7. The van der Waals surface area contributed by atoms with Crippen molar-refractivity contribution < 1.29 is 28.2 Å². The maximum absolute atomic E-state index is 13.4. The fourth-order valence-electron chi connectivity index (χ4n) is 4.41. The van der Waals surface area contributed by atoms with Gasteiger partial charge < -0.3 is 19.0 Å². The summed E-state index contributed by atoms with van der Waals surface area (Å²) in [4.78, 5) is 26.2. The summed E-state index contributed by atoms with van der Waals surface area (Å²) in [7, 11) is 1.67. The fraction of sp³-hybridized carbons (Fsp3) is 0.417. The number of ether oxygens (including phenoxy) is 1. The van der Waals surface area contributed by atoms with E-state index in [1.165, 1.54) is 17.0 Å². The van der Waals surface area contributed by atoms with Gasteiger partial charge in [-0.25, -0.2) is 9.18 Å². The van der Waals surface area contributed by atoms with Gasteiger partial charge in [0.05, 0.1) is 18.0 Å². The Morgan fingerprint density at radius 1 is 1.24 bits per heavy atom. The normalized spacial score (nSPS) is 16.5. The van der Waals surface area contributed by atoms with E-state index in [9.17, 15) is 9.18 Å². The second kappa shape index (κ2) is 9.36. The molecule has 33 heavy (non-hydrogen) atoms. The van der Waals surface area contributed by atoms with Crippen molar-refractivity contribution in [1.82, 2.24) is 10.1 Å². The first kappa shape index (κ1) is 21.7. The molecule has 1 fully saturated rings. The molecule has 3 heterocycles. The summed E-state index contributed by atoms with van der Waals surface area (Å²) in [5, 5.41) is 5.10. The first-order valence-electron chi connectivity index (χ1n) is 11.2. The number of carbonyl (C=O) groups excluding carboxylic acids is 1. The third kappa shape index (κ3) is 4.65. The van der Waals surface area contributed by atoms with Gasteiger partial charge in [-0.2, -0.15) is 4.89 Å². The van der Waals surface area contributed by atoms with Crippen LogP contribution in [-0.4, -0.2) is 49.4 Å². The molecular formula is C24H26FN3O5. The first-order valence-corrected chi connectivity index (χ1v) is 11.2. The van der Waals surface area contributed by atoms with Crippen molar-refractivity contribution in [2.45, 2.75) is 31.8 Å². The van der Waals surface area contributed by atoms with Gasteiger partial charge in [0.25, 0.3) is 0 Å². The molecule has 0 aliphatic carbocycles. The molecule has 8 nitrogen and oxygen atoms in total. The van der Waals surface area contributed by atoms with Crippen molar-refractivity contribution in [3.8, 4) is 5.75 Å². The summed E-state index contributed by atoms with van der Waals surface area (Å²) >= 11 is 0. The highest BCUT2D eigenvalue weighted by atomic mass is 19.1. The molecule has 0 N–H and O–H groups in total. The number of likely N-dealkylation sites (tertiary alicyclic amines) is 1. The van der Waals surface area contributed by atoms with Crippen LogP contribution in [0.15, 0.2) is 40.9 Å². The third-order valence-corrected chi connectivity index (χ3v) is 6.36. The van der Waals surface area contributed by atoms with E-state index >= 15 is 0 Å². The van der Waals surface area contributed by atoms with Crippen LogP contribution in [-0.2, 0) is 16.2 Å². The molecule has 0 spiro atoms. The van der Waals surface area contributed by atoms with Gasteiger partial charge in [-0.1, -0.05) is 11.2 Å². The molecule has 2 aliphatic heterocycles. The van der Waals surface area contributed by atoms with Crippen molar-refractivity contribution in [3.05, 3.63) is 53.5 Å². The van der Waals surface area contributed by atoms with Crippen molar-refractivity contribution in [2.24, 2.45) is 0 Å². The summed E-state index contributed by atoms with van der Waals surface area (Å²) in [5.41, 5.74) is 3.06. The van der Waals surface area contributed by atoms with E-state index in [4.69, 9.17) is 19.0 Å². The van der Waals surface area contributed by atoms with Crippen LogP contribution in [0.5, 0.6) is 5.75 Å². The second-order valence-corrected chi connectivity index (χ2v) is 8.49. The lowest BCUT2D eigenvalue weighted by Gasteiger charge is -2.31. The minimum atomic E-state index is -0.401. The van der Waals surface area contributed by atoms with E-state index in [1.807, 2.05) is 12.1 Å². The lowest BCUT2D eigenvalue weighted by molar-refractivity contribution is -0.194. The summed E-state index contributed by atoms with van der Waals surface area (Å²) in [6.45, 7) is 3.50. The molecule has 0 radical (unpaired) electrons. The summed E-state index contributed by atoms with van der Waals surface area (Å²) in [6.07, 6.45) is 2.29. The number of nitrogens with zero attached hydrogens (tertiary/aromatic N) is 3. The largest absolute Gasteiger partial charge is 0.449 e. The minimum Gasteiger partial charge on any atom is -0.449 e. The second-order valence-electron chi connectivity index (χ2n) is 8.49. The fourth-order valence-corrected chi connectivity index (χ4v) is 4.41. The molecule has 0 atom stereocenters. The molecule has 5 rings (SSSR count). The number of amides is 1. The van der Waals surface area contributed by atoms with Crippen molar-refractivity contribution in [3.63, 3.8) is 0 Å². The average Bonchev–Trinajstić information content (AvgIpc) is 3.47. The van der Waals surface area contributed by atoms with Gasteiger partial charge in [0.15, 0.2) is 11.3 Å². The van der Waals surface area contributed by atoms with E-state index in [1.54, 1.807) is 19.2 Å². The molecule has 2 aliphatic rings. The van der Waals surface area contributed by atoms with Crippen LogP contribution in [0.25, 0.3) is 11.0 Å². The van der Waals surface area contributed by atoms with Gasteiger partial charge in [-0.05, 0) is 50.6 Å². The van der Waals surface area contributed by atoms with E-state index < -0.39 is 6.09 Å². The molecule has 1 aromatic heterocycles. The number of benzene rings is 2. The Hall–Kier alpha value is -3.17. The first-order chi connectivity index (χ1) is 16.1. The SMILES string of the molecule is CN(C(=O)OCCCN1CCC(c2noc3cc(F)ccc23)CC1)c1ccc2c(c1)OOC2. The molecule has 1 saturated heterocycles. The average molecular weight is 455 g/mol. The number of halogens is 1.